The van der Waals surface area contributed by atoms with Crippen molar-refractivity contribution in [2.24, 2.45) is 0 Å². The van der Waals surface area contributed by atoms with E-state index >= 15 is 0 Å². The van der Waals surface area contributed by atoms with E-state index in [-0.39, 0.29) is 12.0 Å². The fourth-order valence-electron chi connectivity index (χ4n) is 2.62. The first-order chi connectivity index (χ1) is 12.3. The number of benzene rings is 1. The number of hydrogen-bond acceptors (Lipinski definition) is 6. The average molecular weight is 377 g/mol. The van der Waals surface area contributed by atoms with E-state index in [9.17, 15) is 9.59 Å². The number of rotatable bonds is 3. The van der Waals surface area contributed by atoms with Crippen LogP contribution in [-0.4, -0.2) is 74.7 Å². The molecule has 2 aromatic rings. The molecule has 1 fully saturated rings. The van der Waals surface area contributed by atoms with Crippen molar-refractivity contribution in [3.63, 3.8) is 0 Å². The number of fused-ring (bicyclic) bond motifs is 1. The average Bonchev–Trinajstić information content (AvgIpc) is 3.06. The van der Waals surface area contributed by atoms with Crippen LogP contribution in [0.15, 0.2) is 23.1 Å². The van der Waals surface area contributed by atoms with Crippen molar-refractivity contribution in [3.05, 3.63) is 18.2 Å². The number of aromatic nitrogens is 3. The molecule has 2 amide bonds. The van der Waals surface area contributed by atoms with Gasteiger partial charge in [0.1, 0.15) is 11.1 Å². The van der Waals surface area contributed by atoms with Crippen LogP contribution in [-0.2, 0) is 9.53 Å². The van der Waals surface area contributed by atoms with Gasteiger partial charge in [0, 0.05) is 31.1 Å². The van der Waals surface area contributed by atoms with Crippen molar-refractivity contribution >= 4 is 34.8 Å². The Kier molecular flexibility index (Phi) is 5.36. The molecule has 1 aliphatic heterocycles. The van der Waals surface area contributed by atoms with E-state index in [1.807, 2.05) is 39.0 Å². The molecule has 1 aromatic carbocycles. The summed E-state index contributed by atoms with van der Waals surface area (Å²) in [6, 6.07) is 5.75. The fourth-order valence-corrected chi connectivity index (χ4v) is 3.45. The van der Waals surface area contributed by atoms with Crippen molar-refractivity contribution in [1.29, 1.82) is 0 Å². The Morgan fingerprint density at radius 3 is 2.58 bits per heavy atom. The van der Waals surface area contributed by atoms with Crippen LogP contribution in [0.3, 0.4) is 0 Å². The zero-order valence-corrected chi connectivity index (χ0v) is 16.0. The number of carbonyl (C=O) groups excluding carboxylic acids is 2. The molecule has 26 heavy (non-hydrogen) atoms. The highest BCUT2D eigenvalue weighted by atomic mass is 32.2. The minimum Gasteiger partial charge on any atom is -0.444 e. The molecule has 0 saturated carbocycles. The highest BCUT2D eigenvalue weighted by molar-refractivity contribution is 8.00. The molecule has 8 nitrogen and oxygen atoms in total. The van der Waals surface area contributed by atoms with Crippen LogP contribution in [0.5, 0.6) is 0 Å². The van der Waals surface area contributed by atoms with Crippen molar-refractivity contribution in [2.45, 2.75) is 31.3 Å². The monoisotopic (exact) mass is 377 g/mol. The summed E-state index contributed by atoms with van der Waals surface area (Å²) in [7, 11) is 0. The van der Waals surface area contributed by atoms with Crippen LogP contribution in [0.4, 0.5) is 4.79 Å². The van der Waals surface area contributed by atoms with Crippen LogP contribution in [0.25, 0.3) is 11.0 Å². The Labute approximate surface area is 156 Å². The molecule has 0 spiro atoms. The lowest BCUT2D eigenvalue weighted by atomic mass is 10.2. The number of aromatic amines is 1. The topological polar surface area (TPSA) is 91.4 Å². The van der Waals surface area contributed by atoms with Gasteiger partial charge in [0.25, 0.3) is 0 Å². The third-order valence-electron chi connectivity index (χ3n) is 3.94. The lowest BCUT2D eigenvalue weighted by Gasteiger charge is -2.35. The third kappa shape index (κ3) is 4.66. The lowest BCUT2D eigenvalue weighted by Crippen LogP contribution is -2.52. The molecule has 0 bridgehead atoms. The van der Waals surface area contributed by atoms with E-state index in [0.717, 1.165) is 15.9 Å². The predicted octanol–water partition coefficient (Wildman–Crippen LogP) is 2.13. The molecule has 140 valence electrons. The summed E-state index contributed by atoms with van der Waals surface area (Å²) in [6.07, 6.45) is -0.319. The molecule has 0 radical (unpaired) electrons. The largest absolute Gasteiger partial charge is 0.444 e. The zero-order valence-electron chi connectivity index (χ0n) is 15.2. The minimum atomic E-state index is -0.508. The standard InChI is InChI=1S/C17H23N5O3S/c1-17(2,3)25-16(24)22-8-6-21(7-9-22)15(23)11-26-12-4-5-13-14(10-12)19-20-18-13/h4-5,10H,6-9,11H2,1-3H3,(H,18,19,20). The molecule has 0 unspecified atom stereocenters. The van der Waals surface area contributed by atoms with Gasteiger partial charge in [0.05, 0.1) is 11.3 Å². The van der Waals surface area contributed by atoms with Crippen molar-refractivity contribution in [2.75, 3.05) is 31.9 Å². The second kappa shape index (κ2) is 7.53. The smallest absolute Gasteiger partial charge is 0.410 e. The van der Waals surface area contributed by atoms with E-state index in [1.54, 1.807) is 9.80 Å². The molecule has 0 atom stereocenters. The van der Waals surface area contributed by atoms with Gasteiger partial charge in [-0.3, -0.25) is 9.89 Å². The molecule has 2 heterocycles. The minimum absolute atomic E-state index is 0.0710. The van der Waals surface area contributed by atoms with Gasteiger partial charge in [-0.2, -0.15) is 0 Å². The number of piperazine rings is 1. The molecular weight excluding hydrogens is 354 g/mol. The van der Waals surface area contributed by atoms with Gasteiger partial charge >= 0.3 is 6.09 Å². The van der Waals surface area contributed by atoms with Gasteiger partial charge in [-0.1, -0.05) is 5.21 Å². The van der Waals surface area contributed by atoms with Crippen LogP contribution in [0.2, 0.25) is 0 Å². The second-order valence-electron chi connectivity index (χ2n) is 7.13. The number of thioether (sulfide) groups is 1. The van der Waals surface area contributed by atoms with Gasteiger partial charge in [-0.25, -0.2) is 4.79 Å². The van der Waals surface area contributed by atoms with Crippen LogP contribution >= 0.6 is 11.8 Å². The summed E-state index contributed by atoms with van der Waals surface area (Å²) in [4.78, 5) is 28.9. The maximum absolute atomic E-state index is 12.4. The number of ether oxygens (including phenoxy) is 1. The molecule has 9 heteroatoms. The van der Waals surface area contributed by atoms with E-state index < -0.39 is 5.60 Å². The Morgan fingerprint density at radius 1 is 1.19 bits per heavy atom. The summed E-state index contributed by atoms with van der Waals surface area (Å²) in [5, 5.41) is 10.5. The number of amides is 2. The van der Waals surface area contributed by atoms with Crippen LogP contribution < -0.4 is 0 Å². The quantitative estimate of drug-likeness (QED) is 0.824. The zero-order chi connectivity index (χ0) is 18.7. The number of hydrogen-bond donors (Lipinski definition) is 1. The predicted molar refractivity (Wildman–Crippen MR) is 99.0 cm³/mol. The van der Waals surface area contributed by atoms with Crippen molar-refractivity contribution in [1.82, 2.24) is 25.2 Å². The van der Waals surface area contributed by atoms with Gasteiger partial charge in [-0.05, 0) is 39.0 Å². The van der Waals surface area contributed by atoms with Gasteiger partial charge in [-0.15, -0.1) is 16.9 Å². The molecular formula is C17H23N5O3S. The summed E-state index contributed by atoms with van der Waals surface area (Å²) < 4.78 is 5.37. The summed E-state index contributed by atoms with van der Waals surface area (Å²) in [5.74, 6) is 0.432. The Hall–Kier alpha value is -2.29. The van der Waals surface area contributed by atoms with Gasteiger partial charge < -0.3 is 14.5 Å². The molecule has 1 N–H and O–H groups in total. The Bertz CT molecular complexity index is 793. The normalized spacial score (nSPS) is 15.3. The maximum atomic E-state index is 12.4. The Morgan fingerprint density at radius 2 is 1.88 bits per heavy atom. The van der Waals surface area contributed by atoms with Crippen molar-refractivity contribution < 1.29 is 14.3 Å². The van der Waals surface area contributed by atoms with E-state index in [4.69, 9.17) is 4.74 Å². The third-order valence-corrected chi connectivity index (χ3v) is 4.92. The first-order valence-corrected chi connectivity index (χ1v) is 9.50. The van der Waals surface area contributed by atoms with Crippen LogP contribution in [0.1, 0.15) is 20.8 Å². The van der Waals surface area contributed by atoms with E-state index in [0.29, 0.717) is 31.9 Å². The van der Waals surface area contributed by atoms with E-state index in [2.05, 4.69) is 15.4 Å². The maximum Gasteiger partial charge on any atom is 0.410 e. The first kappa shape index (κ1) is 18.5. The number of carbonyl (C=O) groups is 2. The summed E-state index contributed by atoms with van der Waals surface area (Å²) >= 11 is 1.48. The number of nitrogens with zero attached hydrogens (tertiary/aromatic N) is 4. The molecule has 3 rings (SSSR count). The molecule has 1 aliphatic rings. The highest BCUT2D eigenvalue weighted by Crippen LogP contribution is 2.22. The molecule has 1 aromatic heterocycles. The SMILES string of the molecule is CC(C)(C)OC(=O)N1CCN(C(=O)CSc2ccc3nn[nH]c3c2)CC1. The highest BCUT2D eigenvalue weighted by Gasteiger charge is 2.27. The second-order valence-corrected chi connectivity index (χ2v) is 8.18. The van der Waals surface area contributed by atoms with Gasteiger partial charge in [0.2, 0.25) is 5.91 Å². The summed E-state index contributed by atoms with van der Waals surface area (Å²) in [5.41, 5.74) is 1.15. The molecule has 1 saturated heterocycles. The van der Waals surface area contributed by atoms with Crippen molar-refractivity contribution in [3.8, 4) is 0 Å². The van der Waals surface area contributed by atoms with Crippen LogP contribution in [0, 0.1) is 0 Å². The van der Waals surface area contributed by atoms with E-state index in [1.165, 1.54) is 11.8 Å². The van der Waals surface area contributed by atoms with Gasteiger partial charge in [0.15, 0.2) is 0 Å². The lowest BCUT2D eigenvalue weighted by molar-refractivity contribution is -0.130. The first-order valence-electron chi connectivity index (χ1n) is 8.51. The molecule has 0 aliphatic carbocycles. The summed E-state index contributed by atoms with van der Waals surface area (Å²) in [6.45, 7) is 7.59. The Balaban J connectivity index is 1.47. The fraction of sp³-hybridized carbons (Fsp3) is 0.529. The number of H-pyrrole nitrogens is 1. The number of nitrogens with one attached hydrogen (secondary N) is 1.